The normalized spacial score (nSPS) is 15.6. The molecular formula is C18H17N3O3. The molecule has 0 spiro atoms. The molecule has 0 radical (unpaired) electrons. The van der Waals surface area contributed by atoms with Gasteiger partial charge in [0.05, 0.1) is 11.8 Å². The molecule has 0 aliphatic carbocycles. The Hall–Kier alpha value is -2.89. The van der Waals surface area contributed by atoms with Crippen LogP contribution in [0.1, 0.15) is 35.0 Å². The van der Waals surface area contributed by atoms with E-state index in [0.717, 1.165) is 24.0 Å². The van der Waals surface area contributed by atoms with Crippen molar-refractivity contribution >= 4 is 5.91 Å². The molecule has 3 heterocycles. The second-order valence-electron chi connectivity index (χ2n) is 5.89. The summed E-state index contributed by atoms with van der Waals surface area (Å²) in [5, 5.41) is 8.24. The van der Waals surface area contributed by atoms with Crippen molar-refractivity contribution in [2.75, 3.05) is 13.1 Å². The average molecular weight is 323 g/mol. The molecule has 0 saturated carbocycles. The quantitative estimate of drug-likeness (QED) is 0.739. The Kier molecular flexibility index (Phi) is 3.86. The van der Waals surface area contributed by atoms with Gasteiger partial charge in [-0.05, 0) is 31.0 Å². The molecule has 1 aliphatic heterocycles. The molecule has 0 unspecified atom stereocenters. The zero-order chi connectivity index (χ0) is 16.4. The monoisotopic (exact) mass is 323 g/mol. The molecule has 24 heavy (non-hydrogen) atoms. The molecule has 0 N–H and O–H groups in total. The third-order valence-corrected chi connectivity index (χ3v) is 4.36. The van der Waals surface area contributed by atoms with Crippen LogP contribution in [-0.2, 0) is 0 Å². The minimum Gasteiger partial charge on any atom is -0.472 e. The first-order valence-corrected chi connectivity index (χ1v) is 8.01. The summed E-state index contributed by atoms with van der Waals surface area (Å²) in [4.78, 5) is 14.4. The number of piperidine rings is 1. The predicted molar refractivity (Wildman–Crippen MR) is 86.3 cm³/mol. The molecule has 0 bridgehead atoms. The molecule has 0 atom stereocenters. The Morgan fingerprint density at radius 1 is 1.08 bits per heavy atom. The maximum absolute atomic E-state index is 12.5. The van der Waals surface area contributed by atoms with Gasteiger partial charge in [0.2, 0.25) is 5.89 Å². The first-order valence-electron chi connectivity index (χ1n) is 8.01. The minimum atomic E-state index is 0.0821. The number of hydrogen-bond acceptors (Lipinski definition) is 5. The lowest BCUT2D eigenvalue weighted by Crippen LogP contribution is -2.37. The van der Waals surface area contributed by atoms with Crippen LogP contribution in [0.25, 0.3) is 11.5 Å². The van der Waals surface area contributed by atoms with Crippen molar-refractivity contribution in [3.8, 4) is 11.5 Å². The van der Waals surface area contributed by atoms with E-state index >= 15 is 0 Å². The smallest absolute Gasteiger partial charge is 0.253 e. The van der Waals surface area contributed by atoms with Crippen LogP contribution in [0.15, 0.2) is 57.8 Å². The largest absolute Gasteiger partial charge is 0.472 e. The maximum Gasteiger partial charge on any atom is 0.253 e. The number of hydrogen-bond donors (Lipinski definition) is 0. The van der Waals surface area contributed by atoms with Gasteiger partial charge in [-0.15, -0.1) is 10.2 Å². The van der Waals surface area contributed by atoms with Gasteiger partial charge in [-0.25, -0.2) is 0 Å². The van der Waals surface area contributed by atoms with Crippen molar-refractivity contribution in [2.45, 2.75) is 18.8 Å². The Morgan fingerprint density at radius 2 is 1.88 bits per heavy atom. The second kappa shape index (κ2) is 6.31. The van der Waals surface area contributed by atoms with Crippen LogP contribution in [0.4, 0.5) is 0 Å². The van der Waals surface area contributed by atoms with Gasteiger partial charge in [-0.2, -0.15) is 0 Å². The number of carbonyl (C=O) groups excluding carboxylic acids is 1. The first kappa shape index (κ1) is 14.7. The van der Waals surface area contributed by atoms with Crippen LogP contribution in [-0.4, -0.2) is 34.1 Å². The van der Waals surface area contributed by atoms with E-state index in [4.69, 9.17) is 8.83 Å². The van der Waals surface area contributed by atoms with E-state index in [1.165, 1.54) is 0 Å². The van der Waals surface area contributed by atoms with Gasteiger partial charge in [0.15, 0.2) is 0 Å². The summed E-state index contributed by atoms with van der Waals surface area (Å²) in [7, 11) is 0. The Balaban J connectivity index is 1.40. The Bertz CT molecular complexity index is 803. The van der Waals surface area contributed by atoms with Crippen LogP contribution < -0.4 is 0 Å². The Labute approximate surface area is 139 Å². The summed E-state index contributed by atoms with van der Waals surface area (Å²) >= 11 is 0. The van der Waals surface area contributed by atoms with Gasteiger partial charge >= 0.3 is 0 Å². The van der Waals surface area contributed by atoms with Gasteiger partial charge in [-0.3, -0.25) is 4.79 Å². The molecule has 6 heteroatoms. The molecular weight excluding hydrogens is 306 g/mol. The van der Waals surface area contributed by atoms with E-state index in [1.807, 2.05) is 35.2 Å². The van der Waals surface area contributed by atoms with Crippen LogP contribution in [0.2, 0.25) is 0 Å². The molecule has 1 aromatic carbocycles. The van der Waals surface area contributed by atoms with E-state index in [2.05, 4.69) is 10.2 Å². The number of aromatic nitrogens is 2. The summed E-state index contributed by atoms with van der Waals surface area (Å²) < 4.78 is 10.8. The average Bonchev–Trinajstić information content (AvgIpc) is 3.33. The zero-order valence-electron chi connectivity index (χ0n) is 13.1. The summed E-state index contributed by atoms with van der Waals surface area (Å²) in [6.45, 7) is 1.39. The lowest BCUT2D eigenvalue weighted by atomic mass is 9.96. The number of carbonyl (C=O) groups is 1. The highest BCUT2D eigenvalue weighted by atomic mass is 16.4. The Morgan fingerprint density at radius 3 is 2.58 bits per heavy atom. The van der Waals surface area contributed by atoms with Gasteiger partial charge in [0.25, 0.3) is 11.8 Å². The highest BCUT2D eigenvalue weighted by Gasteiger charge is 2.28. The molecule has 1 aliphatic rings. The van der Waals surface area contributed by atoms with Crippen molar-refractivity contribution in [2.24, 2.45) is 0 Å². The van der Waals surface area contributed by atoms with Crippen LogP contribution in [0.3, 0.4) is 0 Å². The predicted octanol–water partition coefficient (Wildman–Crippen LogP) is 3.35. The van der Waals surface area contributed by atoms with Crippen LogP contribution in [0, 0.1) is 0 Å². The van der Waals surface area contributed by atoms with Crippen molar-refractivity contribution in [3.05, 3.63) is 60.4 Å². The number of benzene rings is 1. The number of furan rings is 1. The van der Waals surface area contributed by atoms with Crippen LogP contribution >= 0.6 is 0 Å². The van der Waals surface area contributed by atoms with Crippen LogP contribution in [0.5, 0.6) is 0 Å². The SMILES string of the molecule is O=C(c1ccccc1)N1CCC(c2nnc(-c3ccoc3)o2)CC1. The molecule has 122 valence electrons. The number of likely N-dealkylation sites (tertiary alicyclic amines) is 1. The second-order valence-corrected chi connectivity index (χ2v) is 5.89. The maximum atomic E-state index is 12.5. The first-order chi connectivity index (χ1) is 11.8. The number of amides is 1. The third-order valence-electron chi connectivity index (χ3n) is 4.36. The van der Waals surface area contributed by atoms with Crippen molar-refractivity contribution in [1.82, 2.24) is 15.1 Å². The summed E-state index contributed by atoms with van der Waals surface area (Å²) in [5.41, 5.74) is 1.52. The fourth-order valence-corrected chi connectivity index (χ4v) is 3.00. The molecule has 1 amide bonds. The molecule has 3 aromatic rings. The van der Waals surface area contributed by atoms with Crippen molar-refractivity contribution in [3.63, 3.8) is 0 Å². The molecule has 2 aromatic heterocycles. The molecule has 6 nitrogen and oxygen atoms in total. The topological polar surface area (TPSA) is 72.4 Å². The van der Waals surface area contributed by atoms with Crippen molar-refractivity contribution < 1.29 is 13.6 Å². The van der Waals surface area contributed by atoms with E-state index in [1.54, 1.807) is 18.6 Å². The highest BCUT2D eigenvalue weighted by molar-refractivity contribution is 5.94. The van der Waals surface area contributed by atoms with E-state index in [9.17, 15) is 4.79 Å². The molecule has 1 fully saturated rings. The number of rotatable bonds is 3. The highest BCUT2D eigenvalue weighted by Crippen LogP contribution is 2.29. The number of nitrogens with zero attached hydrogens (tertiary/aromatic N) is 3. The van der Waals surface area contributed by atoms with E-state index in [-0.39, 0.29) is 11.8 Å². The molecule has 1 saturated heterocycles. The fourth-order valence-electron chi connectivity index (χ4n) is 3.00. The van der Waals surface area contributed by atoms with Gasteiger partial charge in [-0.1, -0.05) is 18.2 Å². The van der Waals surface area contributed by atoms with E-state index < -0.39 is 0 Å². The molecule has 4 rings (SSSR count). The van der Waals surface area contributed by atoms with Gasteiger partial charge in [0.1, 0.15) is 6.26 Å². The summed E-state index contributed by atoms with van der Waals surface area (Å²) in [6, 6.07) is 11.2. The lowest BCUT2D eigenvalue weighted by Gasteiger charge is -2.30. The van der Waals surface area contributed by atoms with Gasteiger partial charge in [0, 0.05) is 24.6 Å². The van der Waals surface area contributed by atoms with Crippen molar-refractivity contribution in [1.29, 1.82) is 0 Å². The lowest BCUT2D eigenvalue weighted by molar-refractivity contribution is 0.0706. The third kappa shape index (κ3) is 2.82. The fraction of sp³-hybridized carbons (Fsp3) is 0.278. The minimum absolute atomic E-state index is 0.0821. The van der Waals surface area contributed by atoms with Gasteiger partial charge < -0.3 is 13.7 Å². The summed E-state index contributed by atoms with van der Waals surface area (Å²) in [6.07, 6.45) is 4.81. The zero-order valence-corrected chi connectivity index (χ0v) is 13.1. The van der Waals surface area contributed by atoms with E-state index in [0.29, 0.717) is 24.9 Å². The summed E-state index contributed by atoms with van der Waals surface area (Å²) in [5.74, 6) is 1.39. The standard InChI is InChI=1S/C18H17N3O3/c22-18(14-4-2-1-3-5-14)21-9-6-13(7-10-21)16-19-20-17(24-16)15-8-11-23-12-15/h1-5,8,11-13H,6-7,9-10H2.